The number of carbonyl (C=O) groups excluding carboxylic acids is 2. The summed E-state index contributed by atoms with van der Waals surface area (Å²) >= 11 is 6.19. The number of aliphatic hydroxyl groups is 1. The van der Waals surface area contributed by atoms with Crippen molar-refractivity contribution in [3.63, 3.8) is 0 Å². The fraction of sp³-hybridized carbons (Fsp3) is 0.167. The van der Waals surface area contributed by atoms with Crippen molar-refractivity contribution in [1.29, 1.82) is 0 Å². The number of amides is 1. The molecular formula is C24H18ClNO6. The molecule has 7 nitrogen and oxygen atoms in total. The van der Waals surface area contributed by atoms with Crippen LogP contribution in [0.5, 0.6) is 11.5 Å². The molecule has 1 atom stereocenters. The number of furan rings is 1. The SMILES string of the molecule is O=C1C(=O)N(Cc2ccco2)[C@@H](c2cccc(Cl)c2)/C1=C(\O)c1ccc2c(c1)OCCO2. The topological polar surface area (TPSA) is 89.2 Å². The van der Waals surface area contributed by atoms with E-state index in [2.05, 4.69) is 0 Å². The number of ketones is 1. The Bertz CT molecular complexity index is 1230. The summed E-state index contributed by atoms with van der Waals surface area (Å²) in [5.74, 6) is -0.285. The van der Waals surface area contributed by atoms with Gasteiger partial charge in [-0.15, -0.1) is 0 Å². The largest absolute Gasteiger partial charge is 0.507 e. The molecule has 0 radical (unpaired) electrons. The number of ether oxygens (including phenoxy) is 2. The molecule has 1 N–H and O–H groups in total. The highest BCUT2D eigenvalue weighted by molar-refractivity contribution is 6.46. The van der Waals surface area contributed by atoms with Crippen molar-refractivity contribution < 1.29 is 28.6 Å². The summed E-state index contributed by atoms with van der Waals surface area (Å²) in [6.45, 7) is 0.880. The minimum absolute atomic E-state index is 0.0273. The molecular weight excluding hydrogens is 434 g/mol. The number of likely N-dealkylation sites (tertiary alicyclic amines) is 1. The summed E-state index contributed by atoms with van der Waals surface area (Å²) in [6.07, 6.45) is 1.50. The van der Waals surface area contributed by atoms with Crippen LogP contribution in [0.25, 0.3) is 5.76 Å². The number of fused-ring (bicyclic) bond motifs is 1. The predicted molar refractivity (Wildman–Crippen MR) is 115 cm³/mol. The Morgan fingerprint density at radius 1 is 1.03 bits per heavy atom. The normalized spacial score (nSPS) is 19.4. The Balaban J connectivity index is 1.64. The lowest BCUT2D eigenvalue weighted by Gasteiger charge is -2.25. The van der Waals surface area contributed by atoms with Gasteiger partial charge in [-0.3, -0.25) is 9.59 Å². The molecule has 0 bridgehead atoms. The van der Waals surface area contributed by atoms with E-state index < -0.39 is 17.7 Å². The summed E-state index contributed by atoms with van der Waals surface area (Å²) in [5, 5.41) is 11.6. The molecule has 1 fully saturated rings. The first-order valence-corrected chi connectivity index (χ1v) is 10.4. The highest BCUT2D eigenvalue weighted by atomic mass is 35.5. The highest BCUT2D eigenvalue weighted by Gasteiger charge is 2.46. The van der Waals surface area contributed by atoms with Crippen LogP contribution in [-0.4, -0.2) is 34.9 Å². The van der Waals surface area contributed by atoms with Crippen molar-refractivity contribution in [3.8, 4) is 11.5 Å². The van der Waals surface area contributed by atoms with Crippen LogP contribution >= 0.6 is 11.6 Å². The maximum atomic E-state index is 13.1. The smallest absolute Gasteiger partial charge is 0.296 e. The van der Waals surface area contributed by atoms with Crippen LogP contribution in [-0.2, 0) is 16.1 Å². The van der Waals surface area contributed by atoms with Crippen molar-refractivity contribution in [2.24, 2.45) is 0 Å². The zero-order valence-corrected chi connectivity index (χ0v) is 17.5. The van der Waals surface area contributed by atoms with Crippen LogP contribution in [0.1, 0.15) is 22.9 Å². The molecule has 0 aliphatic carbocycles. The highest BCUT2D eigenvalue weighted by Crippen LogP contribution is 2.42. The van der Waals surface area contributed by atoms with E-state index >= 15 is 0 Å². The van der Waals surface area contributed by atoms with Gasteiger partial charge in [-0.05, 0) is 48.0 Å². The van der Waals surface area contributed by atoms with Crippen molar-refractivity contribution in [3.05, 3.63) is 88.3 Å². The first-order valence-electron chi connectivity index (χ1n) is 9.99. The number of halogens is 1. The summed E-state index contributed by atoms with van der Waals surface area (Å²) in [7, 11) is 0. The number of Topliss-reactive ketones (excluding diaryl/α,β-unsaturated/α-hetero) is 1. The first kappa shape index (κ1) is 20.2. The number of rotatable bonds is 4. The number of nitrogens with zero attached hydrogens (tertiary/aromatic N) is 1. The zero-order chi connectivity index (χ0) is 22.2. The first-order chi connectivity index (χ1) is 15.5. The van der Waals surface area contributed by atoms with Gasteiger partial charge in [0.2, 0.25) is 0 Å². The average Bonchev–Trinajstić information content (AvgIpc) is 3.41. The lowest BCUT2D eigenvalue weighted by molar-refractivity contribution is -0.140. The van der Waals surface area contributed by atoms with Gasteiger partial charge in [-0.2, -0.15) is 0 Å². The zero-order valence-electron chi connectivity index (χ0n) is 16.8. The molecule has 162 valence electrons. The fourth-order valence-corrected chi connectivity index (χ4v) is 4.18. The maximum Gasteiger partial charge on any atom is 0.296 e. The van der Waals surface area contributed by atoms with E-state index in [0.717, 1.165) is 0 Å². The van der Waals surface area contributed by atoms with Gasteiger partial charge in [-0.1, -0.05) is 23.7 Å². The van der Waals surface area contributed by atoms with Gasteiger partial charge in [0, 0.05) is 10.6 Å². The van der Waals surface area contributed by atoms with Gasteiger partial charge in [0.1, 0.15) is 24.7 Å². The molecule has 2 aromatic carbocycles. The molecule has 1 amide bonds. The van der Waals surface area contributed by atoms with Crippen LogP contribution in [0.15, 0.2) is 70.9 Å². The molecule has 0 saturated carbocycles. The van der Waals surface area contributed by atoms with E-state index in [1.165, 1.54) is 11.2 Å². The van der Waals surface area contributed by atoms with Crippen molar-refractivity contribution in [1.82, 2.24) is 4.90 Å². The van der Waals surface area contributed by atoms with Crippen LogP contribution in [0.4, 0.5) is 0 Å². The second-order valence-electron chi connectivity index (χ2n) is 7.42. The van der Waals surface area contributed by atoms with Gasteiger partial charge in [0.15, 0.2) is 11.5 Å². The van der Waals surface area contributed by atoms with E-state index in [9.17, 15) is 14.7 Å². The molecule has 5 rings (SSSR count). The minimum Gasteiger partial charge on any atom is -0.507 e. The Labute approximate surface area is 188 Å². The van der Waals surface area contributed by atoms with Crippen molar-refractivity contribution >= 4 is 29.1 Å². The molecule has 32 heavy (non-hydrogen) atoms. The van der Waals surface area contributed by atoms with Gasteiger partial charge < -0.3 is 23.9 Å². The summed E-state index contributed by atoms with van der Waals surface area (Å²) < 4.78 is 16.5. The van der Waals surface area contributed by atoms with E-state index in [0.29, 0.717) is 46.6 Å². The molecule has 2 aliphatic rings. The van der Waals surface area contributed by atoms with E-state index in [-0.39, 0.29) is 17.9 Å². The second kappa shape index (κ2) is 8.09. The number of aliphatic hydroxyl groups excluding tert-OH is 1. The van der Waals surface area contributed by atoms with Gasteiger partial charge in [-0.25, -0.2) is 0 Å². The van der Waals surface area contributed by atoms with Crippen molar-refractivity contribution in [2.45, 2.75) is 12.6 Å². The number of benzene rings is 2. The lowest BCUT2D eigenvalue weighted by atomic mass is 9.95. The van der Waals surface area contributed by atoms with Crippen LogP contribution < -0.4 is 9.47 Å². The van der Waals surface area contributed by atoms with Crippen molar-refractivity contribution in [2.75, 3.05) is 13.2 Å². The molecule has 0 spiro atoms. The fourth-order valence-electron chi connectivity index (χ4n) is 3.98. The molecule has 0 unspecified atom stereocenters. The molecule has 3 heterocycles. The maximum absolute atomic E-state index is 13.1. The minimum atomic E-state index is -0.841. The summed E-state index contributed by atoms with van der Waals surface area (Å²) in [4.78, 5) is 27.5. The number of hydrogen-bond acceptors (Lipinski definition) is 6. The summed E-state index contributed by atoms with van der Waals surface area (Å²) in [5.41, 5.74) is 0.917. The third-order valence-corrected chi connectivity index (χ3v) is 5.66. The third-order valence-electron chi connectivity index (χ3n) is 5.43. The average molecular weight is 452 g/mol. The van der Waals surface area contributed by atoms with Gasteiger partial charge in [0.25, 0.3) is 11.7 Å². The van der Waals surface area contributed by atoms with Crippen LogP contribution in [0.3, 0.4) is 0 Å². The Morgan fingerprint density at radius 3 is 2.59 bits per heavy atom. The molecule has 3 aromatic rings. The Hall–Kier alpha value is -3.71. The second-order valence-corrected chi connectivity index (χ2v) is 7.86. The number of hydrogen-bond donors (Lipinski definition) is 1. The Kier molecular flexibility index (Phi) is 5.11. The standard InChI is InChI=1S/C24H18ClNO6/c25-16-4-1-3-14(11-16)21-20(23(28)24(29)26(21)13-17-5-2-8-30-17)22(27)15-6-7-18-19(12-15)32-10-9-31-18/h1-8,11-12,21,27H,9-10,13H2/b22-20+/t21-/m0/s1. The molecule has 2 aliphatic heterocycles. The lowest BCUT2D eigenvalue weighted by Crippen LogP contribution is -2.29. The van der Waals surface area contributed by atoms with Gasteiger partial charge in [0.05, 0.1) is 24.4 Å². The van der Waals surface area contributed by atoms with Gasteiger partial charge >= 0.3 is 0 Å². The van der Waals surface area contributed by atoms with E-state index in [4.69, 9.17) is 25.5 Å². The van der Waals surface area contributed by atoms with Crippen LogP contribution in [0, 0.1) is 0 Å². The third kappa shape index (κ3) is 3.50. The Morgan fingerprint density at radius 2 is 1.84 bits per heavy atom. The van der Waals surface area contributed by atoms with E-state index in [1.807, 2.05) is 0 Å². The molecule has 1 saturated heterocycles. The molecule has 1 aromatic heterocycles. The van der Waals surface area contributed by atoms with Crippen LogP contribution in [0.2, 0.25) is 5.02 Å². The monoisotopic (exact) mass is 451 g/mol. The summed E-state index contributed by atoms with van der Waals surface area (Å²) in [6, 6.07) is 14.3. The predicted octanol–water partition coefficient (Wildman–Crippen LogP) is 4.33. The van der Waals surface area contributed by atoms with E-state index in [1.54, 1.807) is 54.6 Å². The number of carbonyl (C=O) groups is 2. The molecule has 8 heteroatoms. The quantitative estimate of drug-likeness (QED) is 0.361.